The van der Waals surface area contributed by atoms with E-state index in [4.69, 9.17) is 4.74 Å². The Bertz CT molecular complexity index is 604. The highest BCUT2D eigenvalue weighted by Gasteiger charge is 2.21. The van der Waals surface area contributed by atoms with Gasteiger partial charge in [0.1, 0.15) is 12.0 Å². The zero-order chi connectivity index (χ0) is 15.9. The van der Waals surface area contributed by atoms with E-state index in [1.807, 2.05) is 30.3 Å². The molecule has 0 bridgehead atoms. The lowest BCUT2D eigenvalue weighted by Crippen LogP contribution is -1.96. The average molecular weight is 312 g/mol. The van der Waals surface area contributed by atoms with Gasteiger partial charge in [0.15, 0.2) is 0 Å². The third-order valence-electron chi connectivity index (χ3n) is 3.94. The summed E-state index contributed by atoms with van der Waals surface area (Å²) in [6.45, 7) is 8.82. The number of hydrogen-bond acceptors (Lipinski definition) is 2. The SMILES string of the molecule is C.C=C/C(=C\C(C)=C(/CC)c1cccc(C=O)c1)OCC1CC1. The second-order valence-electron chi connectivity index (χ2n) is 5.76. The van der Waals surface area contributed by atoms with Gasteiger partial charge in [-0.1, -0.05) is 39.1 Å². The molecule has 1 aliphatic carbocycles. The molecule has 0 unspecified atom stereocenters. The molecule has 1 saturated carbocycles. The number of allylic oxidation sites excluding steroid dienone is 4. The van der Waals surface area contributed by atoms with Gasteiger partial charge in [0, 0.05) is 5.56 Å². The fourth-order valence-corrected chi connectivity index (χ4v) is 2.47. The molecule has 0 saturated heterocycles. The summed E-state index contributed by atoms with van der Waals surface area (Å²) < 4.78 is 5.81. The molecule has 1 aromatic rings. The Morgan fingerprint density at radius 3 is 2.70 bits per heavy atom. The van der Waals surface area contributed by atoms with Crippen molar-refractivity contribution in [3.05, 3.63) is 65.5 Å². The van der Waals surface area contributed by atoms with Crippen molar-refractivity contribution < 1.29 is 9.53 Å². The van der Waals surface area contributed by atoms with E-state index in [-0.39, 0.29) is 7.43 Å². The van der Waals surface area contributed by atoms with Gasteiger partial charge in [0.25, 0.3) is 0 Å². The topological polar surface area (TPSA) is 26.3 Å². The van der Waals surface area contributed by atoms with Crippen molar-refractivity contribution >= 4 is 11.9 Å². The molecule has 2 heteroatoms. The van der Waals surface area contributed by atoms with Crippen LogP contribution in [0.25, 0.3) is 5.57 Å². The first-order valence-electron chi connectivity index (χ1n) is 7.90. The summed E-state index contributed by atoms with van der Waals surface area (Å²) in [7, 11) is 0. The Balaban J connectivity index is 0.00000264. The lowest BCUT2D eigenvalue weighted by Gasteiger charge is -2.11. The van der Waals surface area contributed by atoms with Gasteiger partial charge >= 0.3 is 0 Å². The Morgan fingerprint density at radius 1 is 1.39 bits per heavy atom. The minimum Gasteiger partial charge on any atom is -0.493 e. The highest BCUT2D eigenvalue weighted by Crippen LogP contribution is 2.30. The lowest BCUT2D eigenvalue weighted by atomic mass is 9.96. The molecule has 124 valence electrons. The molecule has 0 heterocycles. The minimum atomic E-state index is 0. The maximum atomic E-state index is 11.0. The van der Waals surface area contributed by atoms with Gasteiger partial charge in [0.2, 0.25) is 0 Å². The second-order valence-corrected chi connectivity index (χ2v) is 5.76. The fourth-order valence-electron chi connectivity index (χ4n) is 2.47. The van der Waals surface area contributed by atoms with E-state index in [2.05, 4.69) is 20.4 Å². The maximum Gasteiger partial charge on any atom is 0.150 e. The third-order valence-corrected chi connectivity index (χ3v) is 3.94. The van der Waals surface area contributed by atoms with Gasteiger partial charge in [-0.25, -0.2) is 0 Å². The Labute approximate surface area is 140 Å². The largest absolute Gasteiger partial charge is 0.493 e. The summed E-state index contributed by atoms with van der Waals surface area (Å²) in [6, 6.07) is 7.72. The van der Waals surface area contributed by atoms with Crippen molar-refractivity contribution in [3.8, 4) is 0 Å². The van der Waals surface area contributed by atoms with Crippen LogP contribution < -0.4 is 0 Å². The normalized spacial score (nSPS) is 15.3. The second kappa shape index (κ2) is 9.14. The van der Waals surface area contributed by atoms with Crippen molar-refractivity contribution in [1.29, 1.82) is 0 Å². The molecule has 1 fully saturated rings. The fraction of sp³-hybridized carbons (Fsp3) is 0.381. The van der Waals surface area contributed by atoms with Crippen LogP contribution in [-0.4, -0.2) is 12.9 Å². The van der Waals surface area contributed by atoms with Crippen LogP contribution in [-0.2, 0) is 4.74 Å². The predicted octanol–water partition coefficient (Wildman–Crippen LogP) is 5.82. The summed E-state index contributed by atoms with van der Waals surface area (Å²) in [5.41, 5.74) is 4.16. The first-order valence-corrected chi connectivity index (χ1v) is 7.90. The Morgan fingerprint density at radius 2 is 2.13 bits per heavy atom. The van der Waals surface area contributed by atoms with E-state index in [0.29, 0.717) is 5.56 Å². The summed E-state index contributed by atoms with van der Waals surface area (Å²) in [6.07, 6.45) is 8.15. The van der Waals surface area contributed by atoms with Crippen LogP contribution >= 0.6 is 0 Å². The Kier molecular flexibility index (Phi) is 7.53. The van der Waals surface area contributed by atoms with Gasteiger partial charge in [-0.3, -0.25) is 4.79 Å². The van der Waals surface area contributed by atoms with Gasteiger partial charge in [-0.15, -0.1) is 0 Å². The summed E-state index contributed by atoms with van der Waals surface area (Å²) in [4.78, 5) is 11.0. The smallest absolute Gasteiger partial charge is 0.150 e. The molecule has 1 aromatic carbocycles. The molecule has 0 N–H and O–H groups in total. The van der Waals surface area contributed by atoms with Crippen molar-refractivity contribution in [2.45, 2.75) is 40.5 Å². The van der Waals surface area contributed by atoms with E-state index < -0.39 is 0 Å². The third kappa shape index (κ3) is 5.55. The van der Waals surface area contributed by atoms with Crippen LogP contribution in [0.3, 0.4) is 0 Å². The number of ether oxygens (including phenoxy) is 1. The number of carbonyl (C=O) groups excluding carboxylic acids is 1. The molecule has 1 aliphatic rings. The molecule has 0 amide bonds. The molecule has 0 spiro atoms. The average Bonchev–Trinajstić information content (AvgIpc) is 3.36. The van der Waals surface area contributed by atoms with Gasteiger partial charge in [0.05, 0.1) is 6.61 Å². The molecule has 0 aliphatic heterocycles. The number of hydrogen-bond donors (Lipinski definition) is 0. The van der Waals surface area contributed by atoms with Gasteiger partial charge in [-0.05, 0) is 67.0 Å². The van der Waals surface area contributed by atoms with E-state index >= 15 is 0 Å². The summed E-state index contributed by atoms with van der Waals surface area (Å²) in [5, 5.41) is 0. The minimum absolute atomic E-state index is 0. The van der Waals surface area contributed by atoms with E-state index in [1.54, 1.807) is 6.08 Å². The molecule has 23 heavy (non-hydrogen) atoms. The molecule has 0 atom stereocenters. The lowest BCUT2D eigenvalue weighted by molar-refractivity contribution is 0.112. The van der Waals surface area contributed by atoms with Crippen molar-refractivity contribution in [2.75, 3.05) is 6.61 Å². The summed E-state index contributed by atoms with van der Waals surface area (Å²) >= 11 is 0. The standard InChI is InChI=1S/C20H24O2.CH4/c1-4-19(22-14-16-9-10-16)11-15(3)20(5-2)18-8-6-7-17(12-18)13-21;/h4,6-8,11-13,16H,1,5,9-10,14H2,2-3H3;1H4/b19-11+,20-15+;. The number of rotatable bonds is 8. The van der Waals surface area contributed by atoms with Crippen LogP contribution in [0.4, 0.5) is 0 Å². The van der Waals surface area contributed by atoms with Gasteiger partial charge in [-0.2, -0.15) is 0 Å². The number of aldehydes is 1. The predicted molar refractivity (Wildman–Crippen MR) is 98.4 cm³/mol. The Hall–Kier alpha value is -2.09. The number of carbonyl (C=O) groups is 1. The van der Waals surface area contributed by atoms with E-state index in [9.17, 15) is 4.79 Å². The van der Waals surface area contributed by atoms with Crippen LogP contribution in [0.2, 0.25) is 0 Å². The van der Waals surface area contributed by atoms with E-state index in [0.717, 1.165) is 42.1 Å². The first kappa shape index (κ1) is 19.0. The highest BCUT2D eigenvalue weighted by molar-refractivity contribution is 5.79. The van der Waals surface area contributed by atoms with Crippen LogP contribution in [0.15, 0.2) is 54.3 Å². The maximum absolute atomic E-state index is 11.0. The van der Waals surface area contributed by atoms with Crippen molar-refractivity contribution in [3.63, 3.8) is 0 Å². The molecular formula is C21H28O2. The molecule has 2 nitrogen and oxygen atoms in total. The van der Waals surface area contributed by atoms with Crippen molar-refractivity contribution in [1.82, 2.24) is 0 Å². The number of benzene rings is 1. The first-order chi connectivity index (χ1) is 10.7. The van der Waals surface area contributed by atoms with Crippen molar-refractivity contribution in [2.24, 2.45) is 5.92 Å². The van der Waals surface area contributed by atoms with Crippen LogP contribution in [0.5, 0.6) is 0 Å². The quantitative estimate of drug-likeness (QED) is 0.344. The molecule has 2 rings (SSSR count). The van der Waals surface area contributed by atoms with Crippen LogP contribution in [0, 0.1) is 5.92 Å². The molecule has 0 aromatic heterocycles. The van der Waals surface area contributed by atoms with Crippen LogP contribution in [0.1, 0.15) is 56.5 Å². The zero-order valence-electron chi connectivity index (χ0n) is 13.5. The molecular weight excluding hydrogens is 284 g/mol. The molecule has 0 radical (unpaired) electrons. The zero-order valence-corrected chi connectivity index (χ0v) is 13.5. The summed E-state index contributed by atoms with van der Waals surface area (Å²) in [5.74, 6) is 1.55. The van der Waals surface area contributed by atoms with E-state index in [1.165, 1.54) is 18.4 Å². The monoisotopic (exact) mass is 312 g/mol. The van der Waals surface area contributed by atoms with Gasteiger partial charge < -0.3 is 4.74 Å². The highest BCUT2D eigenvalue weighted by atomic mass is 16.5.